The van der Waals surface area contributed by atoms with Gasteiger partial charge >= 0.3 is 0 Å². The van der Waals surface area contributed by atoms with Gasteiger partial charge in [-0.1, -0.05) is 55.7 Å². The molecule has 8 heteroatoms. The third kappa shape index (κ3) is 7.20. The number of nitrogens with one attached hydrogen (secondary N) is 3. The Bertz CT molecular complexity index is 1520. The number of para-hydroxylation sites is 1. The second kappa shape index (κ2) is 13.5. The number of aliphatic imine (C=N–C) groups is 1. The van der Waals surface area contributed by atoms with E-state index in [0.29, 0.717) is 35.7 Å². The fourth-order valence-electron chi connectivity index (χ4n) is 5.74. The zero-order valence-corrected chi connectivity index (χ0v) is 24.6. The quantitative estimate of drug-likeness (QED) is 0.141. The zero-order chi connectivity index (χ0) is 30.2. The molecule has 2 aliphatic rings. The number of carbonyl (C=O) groups excluding carboxylic acids is 3. The first kappa shape index (κ1) is 29.8. The Hall–Kier alpha value is -4.72. The summed E-state index contributed by atoms with van der Waals surface area (Å²) in [5, 5.41) is 8.48. The molecule has 222 valence electrons. The first-order valence-corrected chi connectivity index (χ1v) is 15.0. The topological polar surface area (TPSA) is 126 Å². The lowest BCUT2D eigenvalue weighted by Gasteiger charge is -2.40. The highest BCUT2D eigenvalue weighted by Crippen LogP contribution is 2.35. The molecule has 2 saturated carbocycles. The summed E-state index contributed by atoms with van der Waals surface area (Å²) in [4.78, 5) is 43.2. The molecule has 0 bridgehead atoms. The first-order chi connectivity index (χ1) is 20.9. The second-order valence-corrected chi connectivity index (χ2v) is 11.4. The predicted molar refractivity (Wildman–Crippen MR) is 172 cm³/mol. The van der Waals surface area contributed by atoms with E-state index in [1.54, 1.807) is 37.4 Å². The van der Waals surface area contributed by atoms with Crippen LogP contribution in [-0.4, -0.2) is 36.0 Å². The smallest absolute Gasteiger partial charge is 0.252 e. The SMILES string of the molecule is CNC(=O)C=Cc1ccc(NC(=O)C2(NC(=O)c3ccc(C(=Nc4ccccc4)C4CCCCC4)c(N)c3)CCC2)cc1. The van der Waals surface area contributed by atoms with Crippen LogP contribution >= 0.6 is 0 Å². The highest BCUT2D eigenvalue weighted by molar-refractivity contribution is 6.09. The fourth-order valence-corrected chi connectivity index (χ4v) is 5.74. The van der Waals surface area contributed by atoms with Crippen LogP contribution in [0.2, 0.25) is 0 Å². The molecule has 2 aliphatic carbocycles. The van der Waals surface area contributed by atoms with Crippen LogP contribution in [0.25, 0.3) is 6.08 Å². The summed E-state index contributed by atoms with van der Waals surface area (Å²) in [6, 6.07) is 22.4. The Morgan fingerprint density at radius 3 is 2.26 bits per heavy atom. The van der Waals surface area contributed by atoms with Gasteiger partial charge in [0.2, 0.25) is 11.8 Å². The van der Waals surface area contributed by atoms with Crippen LogP contribution in [0.15, 0.2) is 83.9 Å². The van der Waals surface area contributed by atoms with Gasteiger partial charge in [0.15, 0.2) is 0 Å². The van der Waals surface area contributed by atoms with Gasteiger partial charge in [0.1, 0.15) is 5.54 Å². The first-order valence-electron chi connectivity index (χ1n) is 15.0. The lowest BCUT2D eigenvalue weighted by atomic mass is 9.75. The molecule has 0 heterocycles. The van der Waals surface area contributed by atoms with Crippen LogP contribution in [0.4, 0.5) is 17.1 Å². The molecule has 0 unspecified atom stereocenters. The number of hydrogen-bond acceptors (Lipinski definition) is 5. The van der Waals surface area contributed by atoms with Crippen LogP contribution in [0.5, 0.6) is 0 Å². The minimum absolute atomic E-state index is 0.193. The van der Waals surface area contributed by atoms with Gasteiger partial charge < -0.3 is 21.7 Å². The largest absolute Gasteiger partial charge is 0.398 e. The van der Waals surface area contributed by atoms with Crippen molar-refractivity contribution in [3.63, 3.8) is 0 Å². The van der Waals surface area contributed by atoms with Crippen LogP contribution in [0.1, 0.15) is 72.9 Å². The maximum absolute atomic E-state index is 13.4. The van der Waals surface area contributed by atoms with Crippen LogP contribution in [0.3, 0.4) is 0 Å². The molecule has 0 spiro atoms. The van der Waals surface area contributed by atoms with E-state index in [0.717, 1.165) is 41.8 Å². The highest BCUT2D eigenvalue weighted by atomic mass is 16.2. The molecular weight excluding hydrogens is 538 g/mol. The summed E-state index contributed by atoms with van der Waals surface area (Å²) in [6.07, 6.45) is 10.8. The van der Waals surface area contributed by atoms with Crippen LogP contribution in [0, 0.1) is 5.92 Å². The van der Waals surface area contributed by atoms with E-state index in [4.69, 9.17) is 10.7 Å². The summed E-state index contributed by atoms with van der Waals surface area (Å²) in [5.74, 6) is -0.456. The molecule has 3 amide bonds. The Balaban J connectivity index is 1.30. The van der Waals surface area contributed by atoms with Gasteiger partial charge in [-0.25, -0.2) is 0 Å². The van der Waals surface area contributed by atoms with E-state index in [2.05, 4.69) is 16.0 Å². The van der Waals surface area contributed by atoms with Gasteiger partial charge in [-0.05, 0) is 80.1 Å². The Kier molecular flexibility index (Phi) is 9.35. The monoisotopic (exact) mass is 577 g/mol. The maximum atomic E-state index is 13.4. The summed E-state index contributed by atoms with van der Waals surface area (Å²) < 4.78 is 0. The number of amides is 3. The third-order valence-electron chi connectivity index (χ3n) is 8.42. The minimum Gasteiger partial charge on any atom is -0.398 e. The van der Waals surface area contributed by atoms with E-state index < -0.39 is 5.54 Å². The molecule has 5 rings (SSSR count). The van der Waals surface area contributed by atoms with Crippen molar-refractivity contribution in [1.82, 2.24) is 10.6 Å². The average molecular weight is 578 g/mol. The van der Waals surface area contributed by atoms with Crippen molar-refractivity contribution in [3.8, 4) is 0 Å². The van der Waals surface area contributed by atoms with Gasteiger partial charge in [-0.15, -0.1) is 0 Å². The molecule has 3 aromatic rings. The summed E-state index contributed by atoms with van der Waals surface area (Å²) in [6.45, 7) is 0. The molecule has 8 nitrogen and oxygen atoms in total. The number of anilines is 2. The number of rotatable bonds is 9. The number of benzene rings is 3. The molecule has 0 aromatic heterocycles. The normalized spacial score (nSPS) is 16.7. The second-order valence-electron chi connectivity index (χ2n) is 11.4. The number of nitrogens with two attached hydrogens (primary N) is 1. The lowest BCUT2D eigenvalue weighted by Crippen LogP contribution is -2.61. The van der Waals surface area contributed by atoms with Crippen molar-refractivity contribution in [1.29, 1.82) is 0 Å². The molecule has 3 aromatic carbocycles. The molecule has 43 heavy (non-hydrogen) atoms. The van der Waals surface area contributed by atoms with Crippen molar-refractivity contribution in [3.05, 3.63) is 95.6 Å². The molecule has 5 N–H and O–H groups in total. The van der Waals surface area contributed by atoms with E-state index in [1.165, 1.54) is 25.3 Å². The van der Waals surface area contributed by atoms with E-state index in [-0.39, 0.29) is 17.7 Å². The Morgan fingerprint density at radius 2 is 1.63 bits per heavy atom. The molecule has 0 saturated heterocycles. The van der Waals surface area contributed by atoms with E-state index >= 15 is 0 Å². The number of hydrogen-bond donors (Lipinski definition) is 4. The van der Waals surface area contributed by atoms with E-state index in [9.17, 15) is 14.4 Å². The fraction of sp³-hybridized carbons (Fsp3) is 0.314. The van der Waals surface area contributed by atoms with Crippen molar-refractivity contribution in [2.45, 2.75) is 56.9 Å². The summed E-state index contributed by atoms with van der Waals surface area (Å²) in [7, 11) is 1.57. The number of nitrogens with zero attached hydrogens (tertiary/aromatic N) is 1. The maximum Gasteiger partial charge on any atom is 0.252 e. The Morgan fingerprint density at radius 1 is 0.907 bits per heavy atom. The van der Waals surface area contributed by atoms with E-state index in [1.807, 2.05) is 48.5 Å². The van der Waals surface area contributed by atoms with Crippen molar-refractivity contribution >= 4 is 46.6 Å². The molecule has 0 radical (unpaired) electrons. The zero-order valence-electron chi connectivity index (χ0n) is 24.6. The number of likely N-dealkylation sites (N-methyl/N-ethyl adjacent to an activating group) is 1. The predicted octanol–water partition coefficient (Wildman–Crippen LogP) is 6.02. The molecule has 0 aliphatic heterocycles. The Labute approximate surface area is 252 Å². The van der Waals surface area contributed by atoms with Crippen molar-refractivity contribution in [2.24, 2.45) is 10.9 Å². The van der Waals surface area contributed by atoms with Crippen LogP contribution in [-0.2, 0) is 9.59 Å². The third-order valence-corrected chi connectivity index (χ3v) is 8.42. The van der Waals surface area contributed by atoms with Gasteiger partial charge in [-0.3, -0.25) is 19.4 Å². The number of carbonyl (C=O) groups is 3. The van der Waals surface area contributed by atoms with Gasteiger partial charge in [0, 0.05) is 41.5 Å². The van der Waals surface area contributed by atoms with Gasteiger partial charge in [0.05, 0.1) is 11.4 Å². The number of nitrogen functional groups attached to an aromatic ring is 1. The van der Waals surface area contributed by atoms with Crippen molar-refractivity contribution < 1.29 is 14.4 Å². The molecule has 2 fully saturated rings. The molecular formula is C35H39N5O3. The summed E-state index contributed by atoms with van der Waals surface area (Å²) >= 11 is 0. The van der Waals surface area contributed by atoms with Gasteiger partial charge in [0.25, 0.3) is 5.91 Å². The minimum atomic E-state index is -0.982. The van der Waals surface area contributed by atoms with Crippen molar-refractivity contribution in [2.75, 3.05) is 18.1 Å². The average Bonchev–Trinajstić information content (AvgIpc) is 3.02. The highest BCUT2D eigenvalue weighted by Gasteiger charge is 2.45. The van der Waals surface area contributed by atoms with Gasteiger partial charge in [-0.2, -0.15) is 0 Å². The lowest BCUT2D eigenvalue weighted by molar-refractivity contribution is -0.125. The molecule has 0 atom stereocenters. The summed E-state index contributed by atoms with van der Waals surface area (Å²) in [5.41, 5.74) is 10.7. The standard InChI is InChI=1S/C35H39N5O3/c1-37-31(41)20-15-24-13-17-28(18-14-24)39-34(43)35(21-8-22-35)40-33(42)26-16-19-29(30(36)23-26)32(25-9-4-2-5-10-25)38-27-11-6-3-7-12-27/h3,6-7,11-20,23,25H,2,4-5,8-10,21-22,36H2,1H3,(H,37,41)(H,39,43)(H,40,42). The van der Waals surface area contributed by atoms with Crippen LogP contribution < -0.4 is 21.7 Å².